The van der Waals surface area contributed by atoms with Crippen molar-refractivity contribution in [1.82, 2.24) is 23.6 Å². The van der Waals surface area contributed by atoms with Crippen molar-refractivity contribution in [3.8, 4) is 0 Å². The molecular formula is C28H49N5O3. The minimum Gasteiger partial charge on any atom is -0.379 e. The van der Waals surface area contributed by atoms with Crippen molar-refractivity contribution >= 4 is 11.2 Å². The molecule has 0 atom stereocenters. The number of aromatic nitrogens is 4. The fraction of sp³-hybridized carbons (Fsp3) is 0.821. The predicted molar refractivity (Wildman–Crippen MR) is 147 cm³/mol. The van der Waals surface area contributed by atoms with Crippen LogP contribution in [0.4, 0.5) is 0 Å². The van der Waals surface area contributed by atoms with E-state index in [4.69, 9.17) is 9.72 Å². The number of hydrogen-bond acceptors (Lipinski definition) is 5. The molecule has 8 nitrogen and oxygen atoms in total. The second-order valence-corrected chi connectivity index (χ2v) is 10.5. The summed E-state index contributed by atoms with van der Waals surface area (Å²) in [5.41, 5.74) is 0.472. The zero-order valence-corrected chi connectivity index (χ0v) is 23.1. The van der Waals surface area contributed by atoms with Crippen LogP contribution in [0.2, 0.25) is 0 Å². The Labute approximate surface area is 216 Å². The summed E-state index contributed by atoms with van der Waals surface area (Å²) in [7, 11) is 3.25. The van der Waals surface area contributed by atoms with E-state index in [-0.39, 0.29) is 11.2 Å². The van der Waals surface area contributed by atoms with Crippen molar-refractivity contribution in [2.45, 2.75) is 110 Å². The summed E-state index contributed by atoms with van der Waals surface area (Å²) in [6.07, 6.45) is 18.5. The third-order valence-electron chi connectivity index (χ3n) is 7.63. The van der Waals surface area contributed by atoms with Crippen LogP contribution in [0.3, 0.4) is 0 Å². The van der Waals surface area contributed by atoms with E-state index in [9.17, 15) is 9.59 Å². The van der Waals surface area contributed by atoms with E-state index in [1.54, 1.807) is 14.1 Å². The van der Waals surface area contributed by atoms with Crippen LogP contribution in [0, 0.1) is 0 Å². The first-order valence-corrected chi connectivity index (χ1v) is 14.5. The topological polar surface area (TPSA) is 74.3 Å². The molecule has 36 heavy (non-hydrogen) atoms. The fourth-order valence-electron chi connectivity index (χ4n) is 5.28. The molecule has 0 radical (unpaired) electrons. The second kappa shape index (κ2) is 15.4. The summed E-state index contributed by atoms with van der Waals surface area (Å²) >= 11 is 0. The van der Waals surface area contributed by atoms with Gasteiger partial charge in [-0.05, 0) is 6.42 Å². The van der Waals surface area contributed by atoms with Crippen LogP contribution in [0.5, 0.6) is 0 Å². The number of ether oxygens (including phenoxy) is 1. The number of hydrogen-bond donors (Lipinski definition) is 0. The van der Waals surface area contributed by atoms with E-state index in [1.807, 2.05) is 0 Å². The predicted octanol–water partition coefficient (Wildman–Crippen LogP) is 4.75. The molecule has 1 aliphatic rings. The lowest BCUT2D eigenvalue weighted by atomic mass is 10.0. The molecule has 0 aromatic carbocycles. The van der Waals surface area contributed by atoms with Crippen molar-refractivity contribution in [2.24, 2.45) is 14.1 Å². The van der Waals surface area contributed by atoms with Crippen LogP contribution >= 0.6 is 0 Å². The Balaban J connectivity index is 1.47. The van der Waals surface area contributed by atoms with Gasteiger partial charge in [-0.2, -0.15) is 0 Å². The van der Waals surface area contributed by atoms with E-state index in [0.717, 1.165) is 51.5 Å². The maximum absolute atomic E-state index is 13.0. The Morgan fingerprint density at radius 2 is 1.28 bits per heavy atom. The third kappa shape index (κ3) is 8.04. The van der Waals surface area contributed by atoms with Gasteiger partial charge in [-0.25, -0.2) is 9.78 Å². The molecule has 0 unspecified atom stereocenters. The highest BCUT2D eigenvalue weighted by Gasteiger charge is 2.21. The first kappa shape index (κ1) is 28.6. The lowest BCUT2D eigenvalue weighted by Crippen LogP contribution is -2.37. The normalized spacial score (nSPS) is 14.8. The highest BCUT2D eigenvalue weighted by Crippen LogP contribution is 2.17. The summed E-state index contributed by atoms with van der Waals surface area (Å²) in [4.78, 5) is 32.6. The third-order valence-corrected chi connectivity index (χ3v) is 7.63. The summed E-state index contributed by atoms with van der Waals surface area (Å²) in [5.74, 6) is 0.875. The van der Waals surface area contributed by atoms with Gasteiger partial charge in [-0.1, -0.05) is 90.4 Å². The highest BCUT2D eigenvalue weighted by molar-refractivity contribution is 5.71. The zero-order chi connectivity index (χ0) is 25.8. The monoisotopic (exact) mass is 503 g/mol. The molecule has 2 aromatic rings. The Morgan fingerprint density at radius 3 is 1.83 bits per heavy atom. The molecule has 1 aliphatic heterocycles. The maximum atomic E-state index is 13.0. The number of morpholine rings is 1. The van der Waals surface area contributed by atoms with Crippen LogP contribution in [0.25, 0.3) is 11.2 Å². The first-order valence-electron chi connectivity index (χ1n) is 14.5. The van der Waals surface area contributed by atoms with Gasteiger partial charge in [-0.15, -0.1) is 0 Å². The minimum absolute atomic E-state index is 0.251. The fourth-order valence-corrected chi connectivity index (χ4v) is 5.28. The van der Waals surface area contributed by atoms with E-state index < -0.39 is 0 Å². The molecule has 0 spiro atoms. The quantitative estimate of drug-likeness (QED) is 0.291. The average Bonchev–Trinajstić information content (AvgIpc) is 3.25. The largest absolute Gasteiger partial charge is 0.379 e. The SMILES string of the molecule is CCCCCCCCCCCCCCCCn1c(CN2CCOCC2)nc2c1c(=O)n(C)c(=O)n2C. The summed E-state index contributed by atoms with van der Waals surface area (Å²) in [6.45, 7) is 6.88. The molecule has 3 heterocycles. The Morgan fingerprint density at radius 1 is 0.750 bits per heavy atom. The van der Waals surface area contributed by atoms with Crippen LogP contribution in [0.15, 0.2) is 9.59 Å². The van der Waals surface area contributed by atoms with E-state index >= 15 is 0 Å². The Bertz CT molecular complexity index is 1030. The summed E-state index contributed by atoms with van der Waals surface area (Å²) in [5, 5.41) is 0. The molecule has 0 saturated carbocycles. The number of fused-ring (bicyclic) bond motifs is 1. The second-order valence-electron chi connectivity index (χ2n) is 10.5. The van der Waals surface area contributed by atoms with Gasteiger partial charge >= 0.3 is 5.69 Å². The number of imidazole rings is 1. The first-order chi connectivity index (χ1) is 17.5. The van der Waals surface area contributed by atoms with Crippen molar-refractivity contribution in [2.75, 3.05) is 26.3 Å². The van der Waals surface area contributed by atoms with Gasteiger partial charge in [0.25, 0.3) is 5.56 Å². The molecule has 1 fully saturated rings. The lowest BCUT2D eigenvalue weighted by molar-refractivity contribution is 0.0326. The number of unbranched alkanes of at least 4 members (excludes halogenated alkanes) is 13. The summed E-state index contributed by atoms with van der Waals surface area (Å²) < 4.78 is 10.3. The molecule has 8 heteroatoms. The number of aryl methyl sites for hydroxylation is 2. The minimum atomic E-state index is -0.327. The van der Waals surface area contributed by atoms with Gasteiger partial charge in [0.1, 0.15) is 5.82 Å². The van der Waals surface area contributed by atoms with Gasteiger partial charge in [-0.3, -0.25) is 18.8 Å². The smallest absolute Gasteiger partial charge is 0.332 e. The van der Waals surface area contributed by atoms with E-state index in [1.165, 1.54) is 86.2 Å². The highest BCUT2D eigenvalue weighted by atomic mass is 16.5. The summed E-state index contributed by atoms with van der Waals surface area (Å²) in [6, 6.07) is 0. The maximum Gasteiger partial charge on any atom is 0.332 e. The molecule has 2 aromatic heterocycles. The molecule has 3 rings (SSSR count). The lowest BCUT2D eigenvalue weighted by Gasteiger charge is -2.26. The average molecular weight is 504 g/mol. The Kier molecular flexibility index (Phi) is 12.2. The zero-order valence-electron chi connectivity index (χ0n) is 23.1. The molecule has 0 aliphatic carbocycles. The van der Waals surface area contributed by atoms with Crippen LogP contribution in [0.1, 0.15) is 103 Å². The van der Waals surface area contributed by atoms with Crippen molar-refractivity contribution in [3.05, 3.63) is 26.7 Å². The van der Waals surface area contributed by atoms with Crippen molar-refractivity contribution in [1.29, 1.82) is 0 Å². The van der Waals surface area contributed by atoms with Crippen molar-refractivity contribution < 1.29 is 4.74 Å². The van der Waals surface area contributed by atoms with Crippen molar-refractivity contribution in [3.63, 3.8) is 0 Å². The van der Waals surface area contributed by atoms with Crippen LogP contribution in [-0.4, -0.2) is 49.9 Å². The van der Waals surface area contributed by atoms with Gasteiger partial charge in [0.15, 0.2) is 11.2 Å². The van der Waals surface area contributed by atoms with Gasteiger partial charge in [0.05, 0.1) is 19.8 Å². The standard InChI is InChI=1S/C28H49N5O3/c1-4-5-6-7-8-9-10-11-12-13-14-15-16-17-18-33-24(23-32-19-21-36-22-20-32)29-26-25(33)27(34)31(3)28(35)30(26)2/h4-23H2,1-3H3. The molecule has 0 N–H and O–H groups in total. The van der Waals surface area contributed by atoms with Crippen LogP contribution < -0.4 is 11.2 Å². The molecule has 1 saturated heterocycles. The molecule has 0 bridgehead atoms. The van der Waals surface area contributed by atoms with Crippen LogP contribution in [-0.2, 0) is 31.9 Å². The van der Waals surface area contributed by atoms with E-state index in [0.29, 0.717) is 17.7 Å². The molecular weight excluding hydrogens is 454 g/mol. The molecule has 204 valence electrons. The van der Waals surface area contributed by atoms with Gasteiger partial charge in [0.2, 0.25) is 0 Å². The number of rotatable bonds is 17. The number of nitrogens with zero attached hydrogens (tertiary/aromatic N) is 5. The van der Waals surface area contributed by atoms with Gasteiger partial charge in [0, 0.05) is 33.7 Å². The van der Waals surface area contributed by atoms with Gasteiger partial charge < -0.3 is 9.30 Å². The molecule has 0 amide bonds. The Hall–Kier alpha value is -1.93. The van der Waals surface area contributed by atoms with E-state index in [2.05, 4.69) is 16.4 Å².